The van der Waals surface area contributed by atoms with Gasteiger partial charge in [0.05, 0.1) is 11.7 Å². The molecule has 0 aliphatic carbocycles. The summed E-state index contributed by atoms with van der Waals surface area (Å²) in [5.41, 5.74) is 1.26. The molecule has 0 saturated carbocycles. The molecule has 0 radical (unpaired) electrons. The maximum Gasteiger partial charge on any atom is 0.0682 e. The number of para-hydroxylation sites is 1. The van der Waals surface area contributed by atoms with Gasteiger partial charge in [0, 0.05) is 11.9 Å². The highest BCUT2D eigenvalue weighted by Gasteiger charge is 2.14. The van der Waals surface area contributed by atoms with Crippen molar-refractivity contribution in [3.05, 3.63) is 30.5 Å². The van der Waals surface area contributed by atoms with Crippen LogP contribution in [0, 0.1) is 11.8 Å². The van der Waals surface area contributed by atoms with E-state index in [9.17, 15) is 0 Å². The van der Waals surface area contributed by atoms with Gasteiger partial charge in [0.15, 0.2) is 0 Å². The molecule has 1 aromatic carbocycles. The zero-order valence-electron chi connectivity index (χ0n) is 11.1. The summed E-state index contributed by atoms with van der Waals surface area (Å²) in [6.45, 7) is 7.92. The molecule has 2 heteroatoms. The first-order valence-electron chi connectivity index (χ1n) is 6.63. The van der Waals surface area contributed by atoms with E-state index in [2.05, 4.69) is 54.8 Å². The summed E-state index contributed by atoms with van der Waals surface area (Å²) in [7, 11) is 0. The lowest BCUT2D eigenvalue weighted by Gasteiger charge is -2.20. The largest absolute Gasteiger partial charge is 0.265 e. The average molecular weight is 230 g/mol. The van der Waals surface area contributed by atoms with E-state index in [1.807, 2.05) is 6.20 Å². The highest BCUT2D eigenvalue weighted by Crippen LogP contribution is 2.21. The minimum atomic E-state index is 0.720. The van der Waals surface area contributed by atoms with Gasteiger partial charge in [-0.2, -0.15) is 5.10 Å². The zero-order chi connectivity index (χ0) is 12.3. The molecule has 1 unspecified atom stereocenters. The van der Waals surface area contributed by atoms with Crippen molar-refractivity contribution in [3.8, 4) is 0 Å². The van der Waals surface area contributed by atoms with Crippen molar-refractivity contribution in [2.75, 3.05) is 0 Å². The number of rotatable bonds is 5. The summed E-state index contributed by atoms with van der Waals surface area (Å²) >= 11 is 0. The summed E-state index contributed by atoms with van der Waals surface area (Å²) in [6.07, 6.45) is 4.51. The molecule has 2 nitrogen and oxygen atoms in total. The Balaban J connectivity index is 2.22. The van der Waals surface area contributed by atoms with Gasteiger partial charge in [-0.3, -0.25) is 4.68 Å². The van der Waals surface area contributed by atoms with Crippen molar-refractivity contribution < 1.29 is 0 Å². The van der Waals surface area contributed by atoms with Gasteiger partial charge in [-0.1, -0.05) is 45.4 Å². The molecule has 2 aromatic rings. The monoisotopic (exact) mass is 230 g/mol. The van der Waals surface area contributed by atoms with Crippen LogP contribution in [0.25, 0.3) is 10.9 Å². The predicted molar refractivity (Wildman–Crippen MR) is 73.0 cm³/mol. The van der Waals surface area contributed by atoms with Crippen LogP contribution in [-0.4, -0.2) is 9.78 Å². The van der Waals surface area contributed by atoms with Gasteiger partial charge in [-0.25, -0.2) is 0 Å². The fourth-order valence-corrected chi connectivity index (χ4v) is 2.40. The molecule has 0 saturated heterocycles. The number of hydrogen-bond acceptors (Lipinski definition) is 1. The van der Waals surface area contributed by atoms with Gasteiger partial charge in [0.25, 0.3) is 0 Å². The first kappa shape index (κ1) is 12.2. The Bertz CT molecular complexity index is 470. The van der Waals surface area contributed by atoms with E-state index in [1.54, 1.807) is 0 Å². The van der Waals surface area contributed by atoms with Gasteiger partial charge in [0.2, 0.25) is 0 Å². The highest BCUT2D eigenvalue weighted by molar-refractivity contribution is 5.78. The Hall–Kier alpha value is -1.31. The minimum absolute atomic E-state index is 0.720. The molecule has 0 amide bonds. The summed E-state index contributed by atoms with van der Waals surface area (Å²) in [6, 6.07) is 8.44. The zero-order valence-corrected chi connectivity index (χ0v) is 11.1. The first-order valence-corrected chi connectivity index (χ1v) is 6.63. The van der Waals surface area contributed by atoms with E-state index in [0.717, 1.165) is 18.4 Å². The van der Waals surface area contributed by atoms with Gasteiger partial charge < -0.3 is 0 Å². The van der Waals surface area contributed by atoms with Crippen LogP contribution in [0.2, 0.25) is 0 Å². The minimum Gasteiger partial charge on any atom is -0.265 e. The smallest absolute Gasteiger partial charge is 0.0682 e. The van der Waals surface area contributed by atoms with Gasteiger partial charge in [-0.15, -0.1) is 0 Å². The van der Waals surface area contributed by atoms with E-state index in [4.69, 9.17) is 0 Å². The number of nitrogens with zero attached hydrogens (tertiary/aromatic N) is 2. The van der Waals surface area contributed by atoms with Crippen LogP contribution in [0.4, 0.5) is 0 Å². The standard InChI is InChI=1S/C15H22N2/c1-4-7-14(12(2)3)11-17-15-9-6-5-8-13(15)10-16-17/h5-6,8-10,12,14H,4,7,11H2,1-3H3. The summed E-state index contributed by atoms with van der Waals surface area (Å²) in [5, 5.41) is 5.76. The van der Waals surface area contributed by atoms with Crippen LogP contribution in [0.1, 0.15) is 33.6 Å². The van der Waals surface area contributed by atoms with Crippen molar-refractivity contribution in [1.29, 1.82) is 0 Å². The van der Waals surface area contributed by atoms with Crippen molar-refractivity contribution in [1.82, 2.24) is 9.78 Å². The molecular formula is C15H22N2. The second-order valence-corrected chi connectivity index (χ2v) is 5.18. The molecule has 0 N–H and O–H groups in total. The highest BCUT2D eigenvalue weighted by atomic mass is 15.3. The summed E-state index contributed by atoms with van der Waals surface area (Å²) < 4.78 is 2.16. The van der Waals surface area contributed by atoms with E-state index in [-0.39, 0.29) is 0 Å². The second-order valence-electron chi connectivity index (χ2n) is 5.18. The summed E-state index contributed by atoms with van der Waals surface area (Å²) in [4.78, 5) is 0. The Morgan fingerprint density at radius 1 is 1.24 bits per heavy atom. The third kappa shape index (κ3) is 2.68. The molecule has 0 spiro atoms. The fourth-order valence-electron chi connectivity index (χ4n) is 2.40. The molecule has 17 heavy (non-hydrogen) atoms. The van der Waals surface area contributed by atoms with Gasteiger partial charge >= 0.3 is 0 Å². The molecule has 92 valence electrons. The lowest BCUT2D eigenvalue weighted by molar-refractivity contribution is 0.303. The topological polar surface area (TPSA) is 17.8 Å². The van der Waals surface area contributed by atoms with E-state index < -0.39 is 0 Å². The van der Waals surface area contributed by atoms with Crippen molar-refractivity contribution in [2.24, 2.45) is 11.8 Å². The number of aromatic nitrogens is 2. The first-order chi connectivity index (χ1) is 8.22. The van der Waals surface area contributed by atoms with Crippen molar-refractivity contribution >= 4 is 10.9 Å². The molecule has 0 fully saturated rings. The number of fused-ring (bicyclic) bond motifs is 1. The van der Waals surface area contributed by atoms with E-state index in [1.165, 1.54) is 23.7 Å². The van der Waals surface area contributed by atoms with E-state index in [0.29, 0.717) is 0 Å². The molecule has 1 heterocycles. The van der Waals surface area contributed by atoms with Crippen LogP contribution in [0.15, 0.2) is 30.5 Å². The molecule has 2 rings (SSSR count). The van der Waals surface area contributed by atoms with Crippen LogP contribution >= 0.6 is 0 Å². The third-order valence-corrected chi connectivity index (χ3v) is 3.56. The van der Waals surface area contributed by atoms with Gasteiger partial charge in [-0.05, 0) is 24.3 Å². The maximum absolute atomic E-state index is 4.52. The van der Waals surface area contributed by atoms with E-state index >= 15 is 0 Å². The SMILES string of the molecule is CCCC(Cn1ncc2ccccc21)C(C)C. The maximum atomic E-state index is 4.52. The lowest BCUT2D eigenvalue weighted by atomic mass is 9.91. The lowest BCUT2D eigenvalue weighted by Crippen LogP contribution is -2.17. The molecule has 1 atom stereocenters. The van der Waals surface area contributed by atoms with Gasteiger partial charge in [0.1, 0.15) is 0 Å². The molecule has 1 aromatic heterocycles. The Morgan fingerprint density at radius 3 is 2.71 bits per heavy atom. The quantitative estimate of drug-likeness (QED) is 0.756. The predicted octanol–water partition coefficient (Wildman–Crippen LogP) is 4.11. The summed E-state index contributed by atoms with van der Waals surface area (Å²) in [5.74, 6) is 1.45. The Morgan fingerprint density at radius 2 is 2.00 bits per heavy atom. The van der Waals surface area contributed by atoms with Crippen LogP contribution in [0.5, 0.6) is 0 Å². The Labute approximate surface area is 104 Å². The number of benzene rings is 1. The van der Waals surface area contributed by atoms with Crippen LogP contribution in [0.3, 0.4) is 0 Å². The normalized spacial score (nSPS) is 13.4. The van der Waals surface area contributed by atoms with Crippen molar-refractivity contribution in [2.45, 2.75) is 40.2 Å². The third-order valence-electron chi connectivity index (χ3n) is 3.56. The van der Waals surface area contributed by atoms with Crippen LogP contribution < -0.4 is 0 Å². The Kier molecular flexibility index (Phi) is 3.82. The average Bonchev–Trinajstić information content (AvgIpc) is 2.72. The molecule has 0 aliphatic rings. The number of hydrogen-bond donors (Lipinski definition) is 0. The van der Waals surface area contributed by atoms with Crippen LogP contribution in [-0.2, 0) is 6.54 Å². The molecule has 0 bridgehead atoms. The molecule has 0 aliphatic heterocycles. The molecular weight excluding hydrogens is 208 g/mol. The fraction of sp³-hybridized carbons (Fsp3) is 0.533. The van der Waals surface area contributed by atoms with Crippen molar-refractivity contribution in [3.63, 3.8) is 0 Å². The second kappa shape index (κ2) is 5.35.